The van der Waals surface area contributed by atoms with Crippen molar-refractivity contribution in [1.29, 1.82) is 0 Å². The molecule has 136 valence electrons. The minimum Gasteiger partial charge on any atom is -0.387 e. The molecule has 13 heteroatoms. The molecule has 0 amide bonds. The number of aromatic nitrogens is 2. The lowest BCUT2D eigenvalue weighted by molar-refractivity contribution is -0.0738. The highest BCUT2D eigenvalue weighted by molar-refractivity contribution is 7.53. The first-order valence-corrected chi connectivity index (χ1v) is 8.19. The molecule has 0 aliphatic carbocycles. The number of halogens is 3. The second kappa shape index (κ2) is 5.81. The maximum atomic E-state index is 14.7. The number of aliphatic hydroxyl groups excluding tert-OH is 1. The molecule has 0 unspecified atom stereocenters. The summed E-state index contributed by atoms with van der Waals surface area (Å²) < 4.78 is 58.1. The van der Waals surface area contributed by atoms with Gasteiger partial charge >= 0.3 is 18.9 Å². The van der Waals surface area contributed by atoms with Crippen LogP contribution in [0.2, 0.25) is 0 Å². The Morgan fingerprint density at radius 1 is 1.54 bits per heavy atom. The summed E-state index contributed by atoms with van der Waals surface area (Å²) in [7, 11) is -5.84. The molecule has 0 radical (unpaired) electrons. The number of aliphatic hydroxyl groups is 1. The van der Waals surface area contributed by atoms with E-state index < -0.39 is 49.5 Å². The predicted molar refractivity (Wildman–Crippen MR) is 73.9 cm³/mol. The highest BCUT2D eigenvalue weighted by atomic mass is 31.2. The van der Waals surface area contributed by atoms with Gasteiger partial charge in [0.05, 0.1) is 12.5 Å². The number of ether oxygens (including phenoxy) is 1. The van der Waals surface area contributed by atoms with Crippen LogP contribution in [0.3, 0.4) is 0 Å². The van der Waals surface area contributed by atoms with Crippen LogP contribution in [0, 0.1) is 0 Å². The maximum absolute atomic E-state index is 14.7. The van der Waals surface area contributed by atoms with E-state index in [4.69, 9.17) is 20.3 Å². The molecule has 1 aromatic rings. The van der Waals surface area contributed by atoms with E-state index in [9.17, 15) is 27.6 Å². The van der Waals surface area contributed by atoms with Crippen molar-refractivity contribution < 1.29 is 37.4 Å². The lowest BCUT2D eigenvalue weighted by Gasteiger charge is -2.25. The van der Waals surface area contributed by atoms with Crippen LogP contribution in [0.1, 0.15) is 19.6 Å². The van der Waals surface area contributed by atoms with E-state index in [-0.39, 0.29) is 5.82 Å². The quantitative estimate of drug-likeness (QED) is 0.538. The molecule has 2 heterocycles. The van der Waals surface area contributed by atoms with E-state index in [1.54, 1.807) is 0 Å². The van der Waals surface area contributed by atoms with E-state index in [2.05, 4.69) is 4.98 Å². The van der Waals surface area contributed by atoms with Crippen molar-refractivity contribution in [1.82, 2.24) is 9.55 Å². The van der Waals surface area contributed by atoms with Crippen molar-refractivity contribution >= 4 is 13.4 Å². The standard InChI is InChI=1S/C11H15F3N3O6P/c1-10(12)7(18)5(4-11(13,14)24(20,21)22)23-8(10)17-3-2-6(15)16-9(17)19/h2-3,5,7-8,18H,4H2,1H3,(H2,15,16,19)(H2,20,21,22)/t5-,7-,8-,10-/m1/s1. The smallest absolute Gasteiger partial charge is 0.387 e. The minimum atomic E-state index is -5.84. The molecule has 4 atom stereocenters. The summed E-state index contributed by atoms with van der Waals surface area (Å²) in [5, 5.41) is 9.88. The minimum absolute atomic E-state index is 0.167. The van der Waals surface area contributed by atoms with Crippen molar-refractivity contribution in [2.24, 2.45) is 0 Å². The van der Waals surface area contributed by atoms with Crippen LogP contribution < -0.4 is 11.4 Å². The lowest BCUT2D eigenvalue weighted by atomic mass is 9.97. The summed E-state index contributed by atoms with van der Waals surface area (Å²) >= 11 is 0. The van der Waals surface area contributed by atoms with E-state index in [0.29, 0.717) is 4.57 Å². The van der Waals surface area contributed by atoms with Crippen LogP contribution in [-0.4, -0.2) is 48.0 Å². The Morgan fingerprint density at radius 3 is 2.62 bits per heavy atom. The number of rotatable bonds is 4. The van der Waals surface area contributed by atoms with E-state index in [1.165, 1.54) is 0 Å². The van der Waals surface area contributed by atoms with Crippen LogP contribution >= 0.6 is 7.60 Å². The third-order valence-corrected chi connectivity index (χ3v) is 4.73. The number of anilines is 1. The average Bonchev–Trinajstić information content (AvgIpc) is 2.61. The van der Waals surface area contributed by atoms with Gasteiger partial charge in [0.15, 0.2) is 11.9 Å². The van der Waals surface area contributed by atoms with Gasteiger partial charge in [-0.2, -0.15) is 13.8 Å². The zero-order valence-electron chi connectivity index (χ0n) is 12.2. The van der Waals surface area contributed by atoms with Crippen molar-refractivity contribution in [2.75, 3.05) is 5.73 Å². The Labute approximate surface area is 133 Å². The molecule has 2 rings (SSSR count). The van der Waals surface area contributed by atoms with Gasteiger partial charge in [0.25, 0.3) is 0 Å². The largest absolute Gasteiger partial charge is 0.394 e. The van der Waals surface area contributed by atoms with E-state index in [1.807, 2.05) is 0 Å². The summed E-state index contributed by atoms with van der Waals surface area (Å²) in [6, 6.07) is 1.13. The van der Waals surface area contributed by atoms with Crippen LogP contribution in [0.5, 0.6) is 0 Å². The number of alkyl halides is 3. The number of nitrogens with two attached hydrogens (primary N) is 1. The summed E-state index contributed by atoms with van der Waals surface area (Å²) in [6.07, 6.45) is -6.58. The molecular formula is C11H15F3N3O6P. The van der Waals surface area contributed by atoms with Crippen LogP contribution in [-0.2, 0) is 9.30 Å². The molecule has 24 heavy (non-hydrogen) atoms. The molecule has 0 spiro atoms. The summed E-state index contributed by atoms with van der Waals surface area (Å²) in [5.74, 6) is -0.167. The third kappa shape index (κ3) is 3.20. The second-order valence-corrected chi connectivity index (χ2v) is 7.32. The number of nitrogens with zero attached hydrogens (tertiary/aromatic N) is 2. The summed E-state index contributed by atoms with van der Waals surface area (Å²) in [4.78, 5) is 32.3. The fourth-order valence-electron chi connectivity index (χ4n) is 2.35. The molecule has 1 saturated heterocycles. The third-order valence-electron chi connectivity index (χ3n) is 3.69. The average molecular weight is 373 g/mol. The zero-order valence-corrected chi connectivity index (χ0v) is 13.1. The molecule has 0 aromatic carbocycles. The lowest BCUT2D eigenvalue weighted by Crippen LogP contribution is -2.43. The second-order valence-electron chi connectivity index (χ2n) is 5.58. The first-order chi connectivity index (χ1) is 10.8. The molecule has 1 aliphatic rings. The molecule has 1 fully saturated rings. The molecule has 1 aromatic heterocycles. The van der Waals surface area contributed by atoms with Gasteiger partial charge in [-0.25, -0.2) is 9.18 Å². The molecular weight excluding hydrogens is 358 g/mol. The van der Waals surface area contributed by atoms with Crippen LogP contribution in [0.4, 0.5) is 19.0 Å². The molecule has 5 N–H and O–H groups in total. The first-order valence-electron chi connectivity index (χ1n) is 6.58. The topological polar surface area (TPSA) is 148 Å². The first kappa shape index (κ1) is 18.9. The Bertz CT molecular complexity index is 736. The van der Waals surface area contributed by atoms with Crippen molar-refractivity contribution in [3.8, 4) is 0 Å². The van der Waals surface area contributed by atoms with Crippen molar-refractivity contribution in [3.63, 3.8) is 0 Å². The van der Waals surface area contributed by atoms with Gasteiger partial charge in [-0.1, -0.05) is 0 Å². The van der Waals surface area contributed by atoms with Gasteiger partial charge in [0.1, 0.15) is 11.9 Å². The van der Waals surface area contributed by atoms with Gasteiger partial charge in [-0.05, 0) is 13.0 Å². The van der Waals surface area contributed by atoms with Crippen molar-refractivity contribution in [2.45, 2.75) is 43.1 Å². The molecule has 0 saturated carbocycles. The van der Waals surface area contributed by atoms with Crippen LogP contribution in [0.15, 0.2) is 17.1 Å². The van der Waals surface area contributed by atoms with Gasteiger partial charge in [-0.3, -0.25) is 9.13 Å². The molecule has 1 aliphatic heterocycles. The van der Waals surface area contributed by atoms with E-state index in [0.717, 1.165) is 19.2 Å². The summed E-state index contributed by atoms with van der Waals surface area (Å²) in [5.41, 5.74) is -2.99. The zero-order chi connectivity index (χ0) is 18.5. The molecule has 0 bridgehead atoms. The monoisotopic (exact) mass is 373 g/mol. The molecule has 9 nitrogen and oxygen atoms in total. The van der Waals surface area contributed by atoms with Gasteiger partial charge < -0.3 is 25.4 Å². The van der Waals surface area contributed by atoms with Gasteiger partial charge in [0.2, 0.25) is 0 Å². The Kier molecular flexibility index (Phi) is 4.57. The number of nitrogen functional groups attached to an aromatic ring is 1. The van der Waals surface area contributed by atoms with Crippen LogP contribution in [0.25, 0.3) is 0 Å². The highest BCUT2D eigenvalue weighted by Crippen LogP contribution is 2.57. The fraction of sp³-hybridized carbons (Fsp3) is 0.636. The Hall–Kier alpha value is -1.46. The number of hydrogen-bond donors (Lipinski definition) is 4. The fourth-order valence-corrected chi connectivity index (χ4v) is 2.76. The van der Waals surface area contributed by atoms with E-state index >= 15 is 0 Å². The SMILES string of the molecule is C[C@@]1(F)[C@H](O)[C@@H](CC(F)(F)P(=O)(O)O)O[C@H]1n1ccc(N)nc1=O. The highest BCUT2D eigenvalue weighted by Gasteiger charge is 2.60. The Balaban J connectivity index is 2.34. The maximum Gasteiger partial charge on any atom is 0.394 e. The summed E-state index contributed by atoms with van der Waals surface area (Å²) in [6.45, 7) is 0.806. The normalized spacial score (nSPS) is 31.4. The van der Waals surface area contributed by atoms with Gasteiger partial charge in [-0.15, -0.1) is 0 Å². The van der Waals surface area contributed by atoms with Crippen molar-refractivity contribution in [3.05, 3.63) is 22.7 Å². The predicted octanol–water partition coefficient (Wildman–Crippen LogP) is -0.0274. The van der Waals surface area contributed by atoms with Gasteiger partial charge in [0, 0.05) is 6.20 Å². The number of hydrogen-bond acceptors (Lipinski definition) is 6. The Morgan fingerprint density at radius 2 is 2.12 bits per heavy atom.